The molecule has 4 heteroatoms. The lowest BCUT2D eigenvalue weighted by molar-refractivity contribution is -0.140. The highest BCUT2D eigenvalue weighted by Crippen LogP contribution is 2.08. The van der Waals surface area contributed by atoms with E-state index in [0.717, 1.165) is 32.1 Å². The number of carbonyl (C=O) groups is 2. The topological polar surface area (TPSA) is 43.4 Å². The fraction of sp³-hybridized carbons (Fsp3) is 0.692. The van der Waals surface area contributed by atoms with Crippen LogP contribution in [0.15, 0.2) is 11.6 Å². The second-order valence-electron chi connectivity index (χ2n) is 3.81. The zero-order valence-electron chi connectivity index (χ0n) is 10.6. The largest absolute Gasteiger partial charge is 0.462 e. The minimum atomic E-state index is -0.493. The third-order valence-corrected chi connectivity index (χ3v) is 2.74. The van der Waals surface area contributed by atoms with Crippen LogP contribution in [-0.2, 0) is 14.3 Å². The minimum absolute atomic E-state index is 0.161. The van der Waals surface area contributed by atoms with E-state index in [9.17, 15) is 9.59 Å². The molecule has 0 N–H and O–H groups in total. The molecule has 0 aromatic carbocycles. The van der Waals surface area contributed by atoms with Crippen molar-refractivity contribution < 1.29 is 14.3 Å². The Morgan fingerprint density at radius 1 is 1.18 bits per heavy atom. The number of ether oxygens (including phenoxy) is 1. The molecule has 0 atom stereocenters. The highest BCUT2D eigenvalue weighted by molar-refractivity contribution is 9.09. The summed E-state index contributed by atoms with van der Waals surface area (Å²) in [6, 6.07) is 0. The molecule has 0 aliphatic carbocycles. The fourth-order valence-corrected chi connectivity index (χ4v) is 1.60. The molecule has 0 rings (SSSR count). The van der Waals surface area contributed by atoms with Gasteiger partial charge in [-0.3, -0.25) is 4.79 Å². The van der Waals surface area contributed by atoms with E-state index >= 15 is 0 Å². The summed E-state index contributed by atoms with van der Waals surface area (Å²) in [5.41, 5.74) is 0.187. The Bertz CT molecular complexity index is 272. The van der Waals surface area contributed by atoms with Gasteiger partial charge >= 0.3 is 5.97 Å². The molecule has 0 unspecified atom stereocenters. The number of allylic oxidation sites excluding steroid dienone is 1. The number of hydrogen-bond acceptors (Lipinski definition) is 3. The SMILES string of the molecule is CCCCCC=C(C(=O)CBr)C(=O)OCCC. The average molecular weight is 305 g/mol. The lowest BCUT2D eigenvalue weighted by Gasteiger charge is -2.05. The zero-order valence-corrected chi connectivity index (χ0v) is 12.2. The van der Waals surface area contributed by atoms with Gasteiger partial charge in [0, 0.05) is 0 Å². The third-order valence-electron chi connectivity index (χ3n) is 2.24. The van der Waals surface area contributed by atoms with Crippen LogP contribution in [-0.4, -0.2) is 23.7 Å². The van der Waals surface area contributed by atoms with E-state index in [1.54, 1.807) is 6.08 Å². The van der Waals surface area contributed by atoms with Crippen LogP contribution >= 0.6 is 15.9 Å². The summed E-state index contributed by atoms with van der Waals surface area (Å²) >= 11 is 3.08. The molecular formula is C13H21BrO3. The molecule has 0 aromatic rings. The number of Topliss-reactive ketones (excluding diaryl/α,β-unsaturated/α-hetero) is 1. The van der Waals surface area contributed by atoms with Crippen LogP contribution in [0, 0.1) is 0 Å². The molecule has 0 aliphatic heterocycles. The standard InChI is InChI=1S/C13H21BrO3/c1-3-5-6-7-8-11(12(15)10-14)13(16)17-9-4-2/h8H,3-7,9-10H2,1-2H3. The quantitative estimate of drug-likeness (QED) is 0.164. The smallest absolute Gasteiger partial charge is 0.341 e. The first-order valence-corrected chi connectivity index (χ1v) is 7.25. The van der Waals surface area contributed by atoms with Crippen molar-refractivity contribution in [1.29, 1.82) is 0 Å². The first kappa shape index (κ1) is 16.4. The van der Waals surface area contributed by atoms with Crippen molar-refractivity contribution in [2.24, 2.45) is 0 Å². The monoisotopic (exact) mass is 304 g/mol. The van der Waals surface area contributed by atoms with E-state index in [0.29, 0.717) is 6.61 Å². The molecule has 0 bridgehead atoms. The number of alkyl halides is 1. The predicted octanol–water partition coefficient (Wildman–Crippen LogP) is 3.41. The van der Waals surface area contributed by atoms with E-state index in [2.05, 4.69) is 22.9 Å². The Balaban J connectivity index is 4.41. The van der Waals surface area contributed by atoms with E-state index in [4.69, 9.17) is 4.74 Å². The van der Waals surface area contributed by atoms with Gasteiger partial charge in [-0.05, 0) is 19.3 Å². The number of rotatable bonds is 9. The normalized spacial score (nSPS) is 11.4. The van der Waals surface area contributed by atoms with Crippen molar-refractivity contribution >= 4 is 27.7 Å². The van der Waals surface area contributed by atoms with Crippen molar-refractivity contribution in [3.63, 3.8) is 0 Å². The van der Waals surface area contributed by atoms with Crippen LogP contribution in [0.1, 0.15) is 46.0 Å². The van der Waals surface area contributed by atoms with Crippen LogP contribution in [0.5, 0.6) is 0 Å². The molecule has 0 fully saturated rings. The highest BCUT2D eigenvalue weighted by atomic mass is 79.9. The summed E-state index contributed by atoms with van der Waals surface area (Å²) in [6.07, 6.45) is 6.44. The van der Waals surface area contributed by atoms with Gasteiger partial charge in [0.05, 0.1) is 17.5 Å². The van der Waals surface area contributed by atoms with Gasteiger partial charge in [-0.1, -0.05) is 48.7 Å². The molecule has 0 heterocycles. The van der Waals surface area contributed by atoms with Gasteiger partial charge in [0.15, 0.2) is 5.78 Å². The molecular weight excluding hydrogens is 284 g/mol. The van der Waals surface area contributed by atoms with Crippen LogP contribution in [0.25, 0.3) is 0 Å². The van der Waals surface area contributed by atoms with Gasteiger partial charge in [0.1, 0.15) is 0 Å². The lowest BCUT2D eigenvalue weighted by Crippen LogP contribution is -2.17. The van der Waals surface area contributed by atoms with Crippen LogP contribution < -0.4 is 0 Å². The fourth-order valence-electron chi connectivity index (χ4n) is 1.30. The van der Waals surface area contributed by atoms with Crippen molar-refractivity contribution in [3.05, 3.63) is 11.6 Å². The zero-order chi connectivity index (χ0) is 13.1. The molecule has 3 nitrogen and oxygen atoms in total. The van der Waals surface area contributed by atoms with Crippen molar-refractivity contribution in [3.8, 4) is 0 Å². The minimum Gasteiger partial charge on any atom is -0.462 e. The van der Waals surface area contributed by atoms with Gasteiger partial charge in [-0.25, -0.2) is 4.79 Å². The molecule has 0 aromatic heterocycles. The molecule has 17 heavy (non-hydrogen) atoms. The van der Waals surface area contributed by atoms with Gasteiger partial charge in [0.25, 0.3) is 0 Å². The van der Waals surface area contributed by atoms with Crippen molar-refractivity contribution in [2.45, 2.75) is 46.0 Å². The Labute approximate surface area is 112 Å². The van der Waals surface area contributed by atoms with E-state index < -0.39 is 5.97 Å². The predicted molar refractivity (Wildman–Crippen MR) is 72.3 cm³/mol. The van der Waals surface area contributed by atoms with Gasteiger partial charge in [-0.15, -0.1) is 0 Å². The summed E-state index contributed by atoms with van der Waals surface area (Å²) in [7, 11) is 0. The Kier molecular flexibility index (Phi) is 10.1. The summed E-state index contributed by atoms with van der Waals surface area (Å²) in [6.45, 7) is 4.40. The summed E-state index contributed by atoms with van der Waals surface area (Å²) < 4.78 is 4.98. The van der Waals surface area contributed by atoms with E-state index in [1.807, 2.05) is 6.92 Å². The Hall–Kier alpha value is -0.640. The lowest BCUT2D eigenvalue weighted by atomic mass is 10.1. The van der Waals surface area contributed by atoms with Crippen molar-refractivity contribution in [1.82, 2.24) is 0 Å². The number of carbonyl (C=O) groups excluding carboxylic acids is 2. The van der Waals surface area contributed by atoms with Crippen LogP contribution in [0.2, 0.25) is 0 Å². The molecule has 0 saturated heterocycles. The number of esters is 1. The second kappa shape index (κ2) is 10.5. The van der Waals surface area contributed by atoms with Gasteiger partial charge in [-0.2, -0.15) is 0 Å². The van der Waals surface area contributed by atoms with Crippen LogP contribution in [0.3, 0.4) is 0 Å². The molecule has 0 saturated carbocycles. The Morgan fingerprint density at radius 2 is 1.88 bits per heavy atom. The summed E-state index contributed by atoms with van der Waals surface area (Å²) in [5, 5.41) is 0.161. The molecule has 0 amide bonds. The number of unbranched alkanes of at least 4 members (excludes halogenated alkanes) is 3. The van der Waals surface area contributed by atoms with Crippen LogP contribution in [0.4, 0.5) is 0 Å². The first-order valence-electron chi connectivity index (χ1n) is 6.13. The second-order valence-corrected chi connectivity index (χ2v) is 4.37. The molecule has 98 valence electrons. The average Bonchev–Trinajstić information content (AvgIpc) is 2.35. The van der Waals surface area contributed by atoms with E-state index in [-0.39, 0.29) is 16.7 Å². The maximum absolute atomic E-state index is 11.6. The first-order chi connectivity index (χ1) is 8.17. The molecule has 0 radical (unpaired) electrons. The maximum atomic E-state index is 11.6. The molecule has 0 spiro atoms. The van der Waals surface area contributed by atoms with Gasteiger partial charge in [0.2, 0.25) is 0 Å². The Morgan fingerprint density at radius 3 is 2.41 bits per heavy atom. The van der Waals surface area contributed by atoms with E-state index in [1.165, 1.54) is 0 Å². The molecule has 0 aliphatic rings. The third kappa shape index (κ3) is 7.31. The number of hydrogen-bond donors (Lipinski definition) is 0. The van der Waals surface area contributed by atoms with Crippen molar-refractivity contribution in [2.75, 3.05) is 11.9 Å². The maximum Gasteiger partial charge on any atom is 0.341 e. The summed E-state index contributed by atoms with van der Waals surface area (Å²) in [5.74, 6) is -0.699. The highest BCUT2D eigenvalue weighted by Gasteiger charge is 2.17. The number of halogens is 1. The van der Waals surface area contributed by atoms with Gasteiger partial charge < -0.3 is 4.74 Å². The number of ketones is 1. The summed E-state index contributed by atoms with van der Waals surface area (Å²) in [4.78, 5) is 23.2.